The summed E-state index contributed by atoms with van der Waals surface area (Å²) in [6.07, 6.45) is 3.38. The highest BCUT2D eigenvalue weighted by Crippen LogP contribution is 2.37. The Labute approximate surface area is 144 Å². The Hall–Kier alpha value is -1.87. The van der Waals surface area contributed by atoms with E-state index >= 15 is 0 Å². The van der Waals surface area contributed by atoms with Gasteiger partial charge in [-0.2, -0.15) is 0 Å². The van der Waals surface area contributed by atoms with Crippen LogP contribution in [0.5, 0.6) is 0 Å². The molecule has 3 fully saturated rings. The van der Waals surface area contributed by atoms with E-state index in [1.54, 1.807) is 5.38 Å². The quantitative estimate of drug-likeness (QED) is 0.771. The summed E-state index contributed by atoms with van der Waals surface area (Å²) in [5.74, 6) is 0.245. The van der Waals surface area contributed by atoms with Crippen LogP contribution in [0.25, 0.3) is 0 Å². The van der Waals surface area contributed by atoms with Crippen LogP contribution >= 0.6 is 11.3 Å². The van der Waals surface area contributed by atoms with Crippen molar-refractivity contribution in [2.75, 3.05) is 37.7 Å². The maximum atomic E-state index is 12.2. The number of nitrogens with one attached hydrogen (secondary N) is 2. The Bertz CT molecular complexity index is 630. The number of ether oxygens (including phenoxy) is 1. The lowest BCUT2D eigenvalue weighted by Gasteiger charge is -2.27. The van der Waals surface area contributed by atoms with Gasteiger partial charge in [-0.05, 0) is 25.2 Å². The molecule has 0 radical (unpaired) electrons. The summed E-state index contributed by atoms with van der Waals surface area (Å²) in [6.45, 7) is 3.71. The molecule has 9 heteroatoms. The van der Waals surface area contributed by atoms with Gasteiger partial charge in [-0.1, -0.05) is 0 Å². The van der Waals surface area contributed by atoms with Crippen molar-refractivity contribution in [2.45, 2.75) is 25.3 Å². The SMILES string of the molecule is O=C(NNC(=O)N1C[C@H]2CC[C@@H]1C2)c1csc(N2CCOCC2)n1. The lowest BCUT2D eigenvalue weighted by atomic mass is 10.1. The Kier molecular flexibility index (Phi) is 4.28. The van der Waals surface area contributed by atoms with Gasteiger partial charge < -0.3 is 14.5 Å². The number of carbonyl (C=O) groups is 2. The zero-order chi connectivity index (χ0) is 16.5. The summed E-state index contributed by atoms with van der Waals surface area (Å²) in [6, 6.07) is 0.110. The largest absolute Gasteiger partial charge is 0.378 e. The van der Waals surface area contributed by atoms with Gasteiger partial charge in [0, 0.05) is 31.1 Å². The topological polar surface area (TPSA) is 86.8 Å². The normalized spacial score (nSPS) is 25.8. The Morgan fingerprint density at radius 2 is 2.08 bits per heavy atom. The highest BCUT2D eigenvalue weighted by atomic mass is 32.1. The summed E-state index contributed by atoms with van der Waals surface area (Å²) in [7, 11) is 0. The van der Waals surface area contributed by atoms with Crippen LogP contribution in [-0.4, -0.2) is 60.7 Å². The van der Waals surface area contributed by atoms with Crippen molar-refractivity contribution in [2.24, 2.45) is 5.92 Å². The van der Waals surface area contributed by atoms with E-state index in [2.05, 4.69) is 20.7 Å². The minimum Gasteiger partial charge on any atom is -0.378 e. The molecule has 2 atom stereocenters. The molecular formula is C15H21N5O3S. The van der Waals surface area contributed by atoms with Crippen molar-refractivity contribution < 1.29 is 14.3 Å². The van der Waals surface area contributed by atoms with Crippen molar-refractivity contribution in [1.82, 2.24) is 20.7 Å². The fourth-order valence-electron chi connectivity index (χ4n) is 3.69. The number of morpholine rings is 1. The molecule has 8 nitrogen and oxygen atoms in total. The number of fused-ring (bicyclic) bond motifs is 2. The third-order valence-corrected chi connectivity index (χ3v) is 5.86. The Morgan fingerprint density at radius 1 is 1.25 bits per heavy atom. The third kappa shape index (κ3) is 3.05. The van der Waals surface area contributed by atoms with E-state index in [0.717, 1.165) is 37.6 Å². The summed E-state index contributed by atoms with van der Waals surface area (Å²) >= 11 is 1.43. The molecule has 3 amide bonds. The maximum Gasteiger partial charge on any atom is 0.336 e. The Morgan fingerprint density at radius 3 is 2.79 bits per heavy atom. The van der Waals surface area contributed by atoms with Crippen molar-refractivity contribution in [3.05, 3.63) is 11.1 Å². The molecule has 1 aliphatic carbocycles. The maximum absolute atomic E-state index is 12.2. The van der Waals surface area contributed by atoms with E-state index in [-0.39, 0.29) is 11.9 Å². The molecule has 0 spiro atoms. The van der Waals surface area contributed by atoms with Gasteiger partial charge in [0.25, 0.3) is 5.91 Å². The molecule has 130 valence electrons. The average molecular weight is 351 g/mol. The van der Waals surface area contributed by atoms with Crippen LogP contribution in [0, 0.1) is 5.92 Å². The van der Waals surface area contributed by atoms with Gasteiger partial charge in [-0.25, -0.2) is 15.2 Å². The van der Waals surface area contributed by atoms with Crippen molar-refractivity contribution in [3.8, 4) is 0 Å². The second-order valence-corrected chi connectivity index (χ2v) is 7.32. The monoisotopic (exact) mass is 351 g/mol. The number of carbonyl (C=O) groups excluding carboxylic acids is 2. The van der Waals surface area contributed by atoms with Gasteiger partial charge >= 0.3 is 6.03 Å². The molecule has 2 bridgehead atoms. The van der Waals surface area contributed by atoms with Crippen LogP contribution in [0.15, 0.2) is 5.38 Å². The molecule has 0 unspecified atom stereocenters. The number of hydrogen-bond acceptors (Lipinski definition) is 6. The molecule has 3 heterocycles. The number of hydrogen-bond donors (Lipinski definition) is 2. The van der Waals surface area contributed by atoms with Gasteiger partial charge in [0.05, 0.1) is 13.2 Å². The number of nitrogens with zero attached hydrogens (tertiary/aromatic N) is 3. The van der Waals surface area contributed by atoms with E-state index in [9.17, 15) is 9.59 Å². The van der Waals surface area contributed by atoms with E-state index in [4.69, 9.17) is 4.74 Å². The van der Waals surface area contributed by atoms with Crippen LogP contribution in [0.1, 0.15) is 29.8 Å². The number of amides is 3. The number of rotatable bonds is 2. The molecule has 1 aromatic rings. The molecule has 2 aliphatic heterocycles. The number of urea groups is 1. The molecule has 3 aliphatic rings. The second-order valence-electron chi connectivity index (χ2n) is 6.48. The zero-order valence-corrected chi connectivity index (χ0v) is 14.2. The summed E-state index contributed by atoms with van der Waals surface area (Å²) in [4.78, 5) is 32.6. The molecule has 2 saturated heterocycles. The molecule has 4 rings (SSSR count). The summed E-state index contributed by atoms with van der Waals surface area (Å²) in [5, 5.41) is 2.52. The molecule has 24 heavy (non-hydrogen) atoms. The fraction of sp³-hybridized carbons (Fsp3) is 0.667. The lowest BCUT2D eigenvalue weighted by molar-refractivity contribution is 0.0922. The molecule has 1 saturated carbocycles. The predicted octanol–water partition coefficient (Wildman–Crippen LogP) is 0.818. The lowest BCUT2D eigenvalue weighted by Crippen LogP contribution is -2.51. The minimum absolute atomic E-state index is 0.223. The summed E-state index contributed by atoms with van der Waals surface area (Å²) < 4.78 is 5.31. The molecular weight excluding hydrogens is 330 g/mol. The first-order valence-electron chi connectivity index (χ1n) is 8.36. The molecule has 2 N–H and O–H groups in total. The van der Waals surface area contributed by atoms with Crippen LogP contribution in [0.3, 0.4) is 0 Å². The van der Waals surface area contributed by atoms with Gasteiger partial charge in [-0.3, -0.25) is 10.2 Å². The van der Waals surface area contributed by atoms with Crippen molar-refractivity contribution >= 4 is 28.4 Å². The first-order chi connectivity index (χ1) is 11.7. The number of piperidine rings is 1. The minimum atomic E-state index is -0.386. The second kappa shape index (κ2) is 6.56. The average Bonchev–Trinajstić information content (AvgIpc) is 3.36. The van der Waals surface area contributed by atoms with Crippen LogP contribution < -0.4 is 15.8 Å². The zero-order valence-electron chi connectivity index (χ0n) is 13.4. The molecule has 1 aromatic heterocycles. The smallest absolute Gasteiger partial charge is 0.336 e. The number of likely N-dealkylation sites (tertiary alicyclic amines) is 1. The van der Waals surface area contributed by atoms with Gasteiger partial charge in [-0.15, -0.1) is 11.3 Å². The number of aromatic nitrogens is 1. The number of thiazole rings is 1. The van der Waals surface area contributed by atoms with Crippen LogP contribution in [0.4, 0.5) is 9.93 Å². The number of anilines is 1. The van der Waals surface area contributed by atoms with Crippen LogP contribution in [0.2, 0.25) is 0 Å². The summed E-state index contributed by atoms with van der Waals surface area (Å²) in [5.41, 5.74) is 5.31. The van der Waals surface area contributed by atoms with Gasteiger partial charge in [0.15, 0.2) is 5.13 Å². The highest BCUT2D eigenvalue weighted by Gasteiger charge is 2.40. The van der Waals surface area contributed by atoms with Crippen molar-refractivity contribution in [3.63, 3.8) is 0 Å². The first kappa shape index (κ1) is 15.6. The van der Waals surface area contributed by atoms with Gasteiger partial charge in [0.1, 0.15) is 5.69 Å². The van der Waals surface area contributed by atoms with Gasteiger partial charge in [0.2, 0.25) is 0 Å². The van der Waals surface area contributed by atoms with E-state index < -0.39 is 0 Å². The third-order valence-electron chi connectivity index (χ3n) is 4.96. The van der Waals surface area contributed by atoms with Crippen molar-refractivity contribution in [1.29, 1.82) is 0 Å². The highest BCUT2D eigenvalue weighted by molar-refractivity contribution is 7.13. The molecule has 0 aromatic carbocycles. The Balaban J connectivity index is 1.30. The predicted molar refractivity (Wildman–Crippen MR) is 89.0 cm³/mol. The standard InChI is InChI=1S/C15H21N5O3S/c21-13(12-9-24-15(16-12)19-3-5-23-6-4-19)17-18-14(22)20-8-10-1-2-11(20)7-10/h9-11H,1-8H2,(H,17,21)(H,18,22)/t10-,11+/m0/s1. The number of hydrazine groups is 1. The van der Waals surface area contributed by atoms with E-state index in [1.165, 1.54) is 17.8 Å². The van der Waals surface area contributed by atoms with Crippen LogP contribution in [-0.2, 0) is 4.74 Å². The first-order valence-corrected chi connectivity index (χ1v) is 9.24. The van der Waals surface area contributed by atoms with E-state index in [0.29, 0.717) is 30.9 Å². The van der Waals surface area contributed by atoms with E-state index in [1.807, 2.05) is 4.90 Å². The fourth-order valence-corrected chi connectivity index (χ4v) is 4.55.